The molecule has 0 bridgehead atoms. The van der Waals surface area contributed by atoms with Gasteiger partial charge in [0.05, 0.1) is 48.6 Å². The maximum atomic E-state index is 13.6. The summed E-state index contributed by atoms with van der Waals surface area (Å²) in [6.45, 7) is 8.38. The van der Waals surface area contributed by atoms with Crippen molar-refractivity contribution >= 4 is 33.8 Å². The number of morpholine rings is 2. The van der Waals surface area contributed by atoms with Crippen molar-refractivity contribution in [2.24, 2.45) is 0 Å². The number of thiazole rings is 1. The van der Waals surface area contributed by atoms with E-state index in [9.17, 15) is 13.2 Å². The van der Waals surface area contributed by atoms with Crippen LogP contribution in [0.15, 0.2) is 10.8 Å². The van der Waals surface area contributed by atoms with Gasteiger partial charge in [-0.3, -0.25) is 4.57 Å². The zero-order valence-corrected chi connectivity index (χ0v) is 20.5. The van der Waals surface area contributed by atoms with E-state index in [-0.39, 0.29) is 18.2 Å². The molecule has 1 atom stereocenters. The van der Waals surface area contributed by atoms with Crippen molar-refractivity contribution in [1.29, 1.82) is 0 Å². The molecule has 184 valence electrons. The molecule has 3 aromatic heterocycles. The Hall–Kier alpha value is -2.22. The van der Waals surface area contributed by atoms with E-state index in [2.05, 4.69) is 15.1 Å². The highest BCUT2D eigenvalue weighted by atomic mass is 32.1. The van der Waals surface area contributed by atoms with Gasteiger partial charge in [0.25, 0.3) is 0 Å². The molecule has 0 radical (unpaired) electrons. The summed E-state index contributed by atoms with van der Waals surface area (Å²) < 4.78 is 53.8. The van der Waals surface area contributed by atoms with Crippen LogP contribution in [0.2, 0.25) is 0 Å². The zero-order valence-electron chi connectivity index (χ0n) is 18.8. The van der Waals surface area contributed by atoms with Crippen molar-refractivity contribution in [3.63, 3.8) is 0 Å². The number of nitrogens with zero attached hydrogens (tertiary/aromatic N) is 6. The Labute approximate surface area is 202 Å². The second-order valence-electron chi connectivity index (χ2n) is 8.36. The zero-order chi connectivity index (χ0) is 23.9. The average Bonchev–Trinajstić information content (AvgIpc) is 3.53. The topological polar surface area (TPSA) is 68.5 Å². The highest BCUT2D eigenvalue weighted by molar-refractivity contribution is 7.19. The molecule has 5 heterocycles. The highest BCUT2D eigenvalue weighted by Crippen LogP contribution is 2.38. The van der Waals surface area contributed by atoms with Crippen LogP contribution < -0.4 is 9.80 Å². The Balaban J connectivity index is 1.55. The molecule has 0 N–H and O–H groups in total. The number of halogens is 3. The maximum Gasteiger partial charge on any atom is 0.417 e. The molecule has 34 heavy (non-hydrogen) atoms. The molecule has 0 spiro atoms. The van der Waals surface area contributed by atoms with Gasteiger partial charge in [0, 0.05) is 31.6 Å². The predicted octanol–water partition coefficient (Wildman–Crippen LogP) is 3.90. The smallest absolute Gasteiger partial charge is 0.378 e. The molecule has 2 aliphatic heterocycles. The molecule has 5 rings (SSSR count). The first kappa shape index (κ1) is 23.5. The Morgan fingerprint density at radius 2 is 1.85 bits per heavy atom. The van der Waals surface area contributed by atoms with Crippen LogP contribution >= 0.6 is 22.7 Å². The summed E-state index contributed by atoms with van der Waals surface area (Å²) >= 11 is 2.54. The summed E-state index contributed by atoms with van der Waals surface area (Å²) in [6, 6.07) is 0. The van der Waals surface area contributed by atoms with Crippen LogP contribution in [0.4, 0.5) is 24.3 Å². The number of thiophene rings is 1. The summed E-state index contributed by atoms with van der Waals surface area (Å²) in [5.41, 5.74) is 0.369. The third-order valence-corrected chi connectivity index (χ3v) is 7.91. The molecule has 8 nitrogen and oxygen atoms in total. The Kier molecular flexibility index (Phi) is 6.53. The van der Waals surface area contributed by atoms with Crippen LogP contribution in [-0.2, 0) is 22.2 Å². The molecule has 13 heteroatoms. The first-order chi connectivity index (χ1) is 16.3. The molecule has 1 unspecified atom stereocenters. The molecule has 2 fully saturated rings. The number of alkyl halides is 3. The molecule has 0 aromatic carbocycles. The Bertz CT molecular complexity index is 1140. The van der Waals surface area contributed by atoms with E-state index < -0.39 is 11.7 Å². The Morgan fingerprint density at radius 3 is 2.59 bits per heavy atom. The third kappa shape index (κ3) is 4.66. The van der Waals surface area contributed by atoms with E-state index in [1.165, 1.54) is 11.3 Å². The normalized spacial score (nSPS) is 19.7. The van der Waals surface area contributed by atoms with Crippen LogP contribution in [0.25, 0.3) is 10.7 Å². The van der Waals surface area contributed by atoms with Gasteiger partial charge in [0.2, 0.25) is 5.95 Å². The van der Waals surface area contributed by atoms with Gasteiger partial charge in [-0.15, -0.1) is 10.2 Å². The van der Waals surface area contributed by atoms with Gasteiger partial charge in [-0.1, -0.05) is 11.3 Å². The van der Waals surface area contributed by atoms with Gasteiger partial charge in [0.15, 0.2) is 11.0 Å². The average molecular weight is 515 g/mol. The SMILES string of the molecule is Cc1nc(N2CCOCC2)sc1-c1nnc(N2CCOC(C)C2)n1Cc1cscc1C(F)(F)F. The largest absolute Gasteiger partial charge is 0.417 e. The van der Waals surface area contributed by atoms with Gasteiger partial charge >= 0.3 is 6.18 Å². The van der Waals surface area contributed by atoms with E-state index in [1.807, 2.05) is 18.7 Å². The van der Waals surface area contributed by atoms with Crippen LogP contribution in [0.5, 0.6) is 0 Å². The molecule has 3 aromatic rings. The molecular formula is C21H25F3N6O2S2. The van der Waals surface area contributed by atoms with Crippen molar-refractivity contribution in [2.45, 2.75) is 32.7 Å². The number of rotatable bonds is 5. The minimum Gasteiger partial charge on any atom is -0.378 e. The molecule has 2 saturated heterocycles. The molecular weight excluding hydrogens is 489 g/mol. The number of anilines is 2. The lowest BCUT2D eigenvalue weighted by Crippen LogP contribution is -2.42. The van der Waals surface area contributed by atoms with Crippen LogP contribution in [0.3, 0.4) is 0 Å². The maximum absolute atomic E-state index is 13.6. The summed E-state index contributed by atoms with van der Waals surface area (Å²) in [4.78, 5) is 9.74. The van der Waals surface area contributed by atoms with Gasteiger partial charge in [-0.05, 0) is 24.8 Å². The van der Waals surface area contributed by atoms with Gasteiger partial charge in [-0.25, -0.2) is 4.98 Å². The number of aryl methyl sites for hydroxylation is 1. The third-order valence-electron chi connectivity index (χ3n) is 5.90. The summed E-state index contributed by atoms with van der Waals surface area (Å²) in [5, 5.41) is 12.5. The monoisotopic (exact) mass is 514 g/mol. The van der Waals surface area contributed by atoms with Crippen molar-refractivity contribution in [3.05, 3.63) is 27.6 Å². The van der Waals surface area contributed by atoms with E-state index >= 15 is 0 Å². The van der Waals surface area contributed by atoms with E-state index in [4.69, 9.17) is 14.5 Å². The summed E-state index contributed by atoms with van der Waals surface area (Å²) in [7, 11) is 0. The van der Waals surface area contributed by atoms with Crippen molar-refractivity contribution < 1.29 is 22.6 Å². The lowest BCUT2D eigenvalue weighted by Gasteiger charge is -2.32. The fourth-order valence-electron chi connectivity index (χ4n) is 4.19. The van der Waals surface area contributed by atoms with E-state index in [0.29, 0.717) is 44.7 Å². The molecule has 0 saturated carbocycles. The van der Waals surface area contributed by atoms with Crippen molar-refractivity contribution in [2.75, 3.05) is 55.8 Å². The van der Waals surface area contributed by atoms with Gasteiger partial charge in [-0.2, -0.15) is 24.5 Å². The van der Waals surface area contributed by atoms with Gasteiger partial charge in [0.1, 0.15) is 0 Å². The van der Waals surface area contributed by atoms with E-state index in [0.717, 1.165) is 45.5 Å². The summed E-state index contributed by atoms with van der Waals surface area (Å²) in [5.74, 6) is 1.08. The van der Waals surface area contributed by atoms with Crippen LogP contribution in [0, 0.1) is 6.92 Å². The fourth-order valence-corrected chi connectivity index (χ4v) is 6.15. The quantitative estimate of drug-likeness (QED) is 0.512. The summed E-state index contributed by atoms with van der Waals surface area (Å²) in [6.07, 6.45) is -4.42. The van der Waals surface area contributed by atoms with Crippen LogP contribution in [-0.4, -0.2) is 71.9 Å². The fraction of sp³-hybridized carbons (Fsp3) is 0.571. The number of hydrogen-bond donors (Lipinski definition) is 0. The lowest BCUT2D eigenvalue weighted by molar-refractivity contribution is -0.137. The number of ether oxygens (including phenoxy) is 2. The minimum absolute atomic E-state index is 0.00713. The standard InChI is InChI=1S/C21H25F3N6O2S2/c1-13-9-29(5-8-32-13)19-27-26-18(30(19)10-15-11-33-12-16(15)21(22,23)24)17-14(2)25-20(34-17)28-3-6-31-7-4-28/h11-13H,3-10H2,1-2H3. The number of aromatic nitrogens is 4. The second kappa shape index (κ2) is 9.44. The molecule has 0 amide bonds. The van der Waals surface area contributed by atoms with E-state index in [1.54, 1.807) is 9.95 Å². The number of hydrogen-bond acceptors (Lipinski definition) is 9. The Morgan fingerprint density at radius 1 is 1.09 bits per heavy atom. The van der Waals surface area contributed by atoms with Crippen molar-refractivity contribution in [3.8, 4) is 10.7 Å². The predicted molar refractivity (Wildman–Crippen MR) is 125 cm³/mol. The minimum atomic E-state index is -4.42. The lowest BCUT2D eigenvalue weighted by atomic mass is 10.2. The molecule has 0 aliphatic carbocycles. The first-order valence-corrected chi connectivity index (χ1v) is 12.8. The highest BCUT2D eigenvalue weighted by Gasteiger charge is 2.35. The molecule has 2 aliphatic rings. The van der Waals surface area contributed by atoms with Crippen molar-refractivity contribution in [1.82, 2.24) is 19.7 Å². The van der Waals surface area contributed by atoms with Gasteiger partial charge < -0.3 is 19.3 Å². The first-order valence-electron chi connectivity index (χ1n) is 11.0. The second-order valence-corrected chi connectivity index (χ2v) is 10.1. The van der Waals surface area contributed by atoms with Crippen LogP contribution in [0.1, 0.15) is 23.7 Å².